The summed E-state index contributed by atoms with van der Waals surface area (Å²) in [6.07, 6.45) is 0. The highest BCUT2D eigenvalue weighted by Crippen LogP contribution is 2.26. The van der Waals surface area contributed by atoms with Gasteiger partial charge >= 0.3 is 0 Å². The number of nitriles is 1. The largest absolute Gasteiger partial charge is 0.369 e. The lowest BCUT2D eigenvalue weighted by atomic mass is 10.2. The molecule has 1 atom stereocenters. The molecule has 0 heterocycles. The third kappa shape index (κ3) is 2.96. The first-order chi connectivity index (χ1) is 7.04. The summed E-state index contributed by atoms with van der Waals surface area (Å²) in [6, 6.07) is 5.93. The maximum atomic E-state index is 13.3. The minimum absolute atomic E-state index is 0.253. The summed E-state index contributed by atoms with van der Waals surface area (Å²) in [5.74, 6) is -1.00. The van der Waals surface area contributed by atoms with Crippen molar-refractivity contribution in [1.29, 1.82) is 5.26 Å². The van der Waals surface area contributed by atoms with Crippen LogP contribution in [0.5, 0.6) is 0 Å². The summed E-state index contributed by atoms with van der Waals surface area (Å²) in [5, 5.41) is 8.03. The topological polar surface area (TPSA) is 66.9 Å². The molecule has 3 nitrogen and oxygen atoms in total. The van der Waals surface area contributed by atoms with Gasteiger partial charge in [0.1, 0.15) is 5.82 Å². The van der Waals surface area contributed by atoms with Gasteiger partial charge in [-0.25, -0.2) is 4.39 Å². The number of carbonyl (C=O) groups excluding carboxylic acids is 1. The van der Waals surface area contributed by atoms with Crippen molar-refractivity contribution in [3.63, 3.8) is 0 Å². The van der Waals surface area contributed by atoms with Gasteiger partial charge in [0.2, 0.25) is 5.91 Å². The number of nitrogens with zero attached hydrogens (tertiary/aromatic N) is 1. The highest BCUT2D eigenvalue weighted by Gasteiger charge is 2.13. The first kappa shape index (κ1) is 11.5. The lowest BCUT2D eigenvalue weighted by molar-refractivity contribution is -0.117. The van der Waals surface area contributed by atoms with Crippen LogP contribution in [0.25, 0.3) is 0 Å². The van der Waals surface area contributed by atoms with Crippen LogP contribution in [-0.2, 0) is 4.79 Å². The van der Waals surface area contributed by atoms with Gasteiger partial charge in [0, 0.05) is 4.90 Å². The monoisotopic (exact) mass is 224 g/mol. The minimum atomic E-state index is -0.507. The molecule has 0 aromatic heterocycles. The van der Waals surface area contributed by atoms with Crippen LogP contribution in [0.3, 0.4) is 0 Å². The lowest BCUT2D eigenvalue weighted by Crippen LogP contribution is -2.22. The van der Waals surface area contributed by atoms with Crippen LogP contribution < -0.4 is 5.73 Å². The molecule has 1 aromatic carbocycles. The number of amides is 1. The van der Waals surface area contributed by atoms with Crippen molar-refractivity contribution >= 4 is 17.7 Å². The first-order valence-electron chi connectivity index (χ1n) is 4.20. The van der Waals surface area contributed by atoms with Crippen molar-refractivity contribution in [2.24, 2.45) is 5.73 Å². The number of thioether (sulfide) groups is 1. The number of hydrogen-bond acceptors (Lipinski definition) is 3. The molecule has 0 aliphatic heterocycles. The zero-order chi connectivity index (χ0) is 11.4. The second-order valence-electron chi connectivity index (χ2n) is 2.92. The van der Waals surface area contributed by atoms with E-state index in [2.05, 4.69) is 0 Å². The molecule has 1 rings (SSSR count). The van der Waals surface area contributed by atoms with Crippen molar-refractivity contribution in [1.82, 2.24) is 0 Å². The Kier molecular flexibility index (Phi) is 3.69. The van der Waals surface area contributed by atoms with Gasteiger partial charge in [-0.05, 0) is 25.1 Å². The number of nitrogens with two attached hydrogens (primary N) is 1. The first-order valence-corrected chi connectivity index (χ1v) is 5.08. The summed E-state index contributed by atoms with van der Waals surface area (Å²) in [5.41, 5.74) is 5.31. The predicted molar refractivity (Wildman–Crippen MR) is 55.6 cm³/mol. The molecule has 2 N–H and O–H groups in total. The Morgan fingerprint density at radius 2 is 2.33 bits per heavy atom. The van der Waals surface area contributed by atoms with Crippen LogP contribution in [0.4, 0.5) is 4.39 Å². The molecular weight excluding hydrogens is 215 g/mol. The number of rotatable bonds is 3. The normalized spacial score (nSPS) is 11.8. The Bertz CT molecular complexity index is 428. The number of halogens is 1. The maximum Gasteiger partial charge on any atom is 0.230 e. The molecule has 0 bridgehead atoms. The lowest BCUT2D eigenvalue weighted by Gasteiger charge is -2.07. The van der Waals surface area contributed by atoms with Gasteiger partial charge < -0.3 is 5.73 Å². The van der Waals surface area contributed by atoms with E-state index in [9.17, 15) is 9.18 Å². The van der Waals surface area contributed by atoms with Gasteiger partial charge in [0.05, 0.1) is 16.9 Å². The third-order valence-electron chi connectivity index (χ3n) is 1.77. The van der Waals surface area contributed by atoms with Crippen LogP contribution in [0, 0.1) is 17.1 Å². The molecule has 1 amide bonds. The molecule has 0 saturated carbocycles. The van der Waals surface area contributed by atoms with E-state index >= 15 is 0 Å². The molecule has 0 fully saturated rings. The summed E-state index contributed by atoms with van der Waals surface area (Å²) in [4.78, 5) is 11.1. The summed E-state index contributed by atoms with van der Waals surface area (Å²) >= 11 is 1.04. The van der Waals surface area contributed by atoms with Crippen LogP contribution in [-0.4, -0.2) is 11.2 Å². The third-order valence-corrected chi connectivity index (χ3v) is 2.94. The zero-order valence-corrected chi connectivity index (χ0v) is 8.84. The van der Waals surface area contributed by atoms with E-state index in [1.807, 2.05) is 6.07 Å². The number of benzene rings is 1. The van der Waals surface area contributed by atoms with E-state index in [4.69, 9.17) is 11.0 Å². The molecule has 5 heteroatoms. The van der Waals surface area contributed by atoms with Gasteiger partial charge in [0.15, 0.2) is 0 Å². The summed E-state index contributed by atoms with van der Waals surface area (Å²) in [7, 11) is 0. The maximum absolute atomic E-state index is 13.3. The van der Waals surface area contributed by atoms with Gasteiger partial charge in [-0.15, -0.1) is 11.8 Å². The standard InChI is InChI=1S/C10H9FN2OS/c1-6(10(13)14)15-9-3-2-7(5-12)4-8(9)11/h2-4,6H,1H3,(H2,13,14). The van der Waals surface area contributed by atoms with Crippen LogP contribution in [0.1, 0.15) is 12.5 Å². The fourth-order valence-corrected chi connectivity index (χ4v) is 1.73. The molecule has 78 valence electrons. The van der Waals surface area contributed by atoms with Crippen molar-refractivity contribution < 1.29 is 9.18 Å². The van der Waals surface area contributed by atoms with Crippen LogP contribution >= 0.6 is 11.8 Å². The Balaban J connectivity index is 2.88. The van der Waals surface area contributed by atoms with Gasteiger partial charge in [0.25, 0.3) is 0 Å². The summed E-state index contributed by atoms with van der Waals surface area (Å²) in [6.45, 7) is 1.60. The molecule has 15 heavy (non-hydrogen) atoms. The predicted octanol–water partition coefficient (Wildman–Crippen LogP) is 1.66. The molecule has 1 aromatic rings. The molecule has 0 spiro atoms. The van der Waals surface area contributed by atoms with Crippen molar-refractivity contribution in [2.75, 3.05) is 0 Å². The highest BCUT2D eigenvalue weighted by atomic mass is 32.2. The quantitative estimate of drug-likeness (QED) is 0.794. The van der Waals surface area contributed by atoms with E-state index in [1.165, 1.54) is 12.1 Å². The van der Waals surface area contributed by atoms with Crippen molar-refractivity contribution in [3.05, 3.63) is 29.6 Å². The molecule has 0 radical (unpaired) electrons. The number of carbonyl (C=O) groups is 1. The van der Waals surface area contributed by atoms with Gasteiger partial charge in [-0.3, -0.25) is 4.79 Å². The van der Waals surface area contributed by atoms with Crippen LogP contribution in [0.15, 0.2) is 23.1 Å². The fourth-order valence-electron chi connectivity index (χ4n) is 0.914. The molecule has 0 aliphatic rings. The van der Waals surface area contributed by atoms with E-state index in [0.717, 1.165) is 17.8 Å². The van der Waals surface area contributed by atoms with E-state index in [1.54, 1.807) is 6.92 Å². The smallest absolute Gasteiger partial charge is 0.230 e. The Hall–Kier alpha value is -1.54. The Morgan fingerprint density at radius 1 is 1.67 bits per heavy atom. The minimum Gasteiger partial charge on any atom is -0.369 e. The highest BCUT2D eigenvalue weighted by molar-refractivity contribution is 8.00. The van der Waals surface area contributed by atoms with Gasteiger partial charge in [-0.1, -0.05) is 0 Å². The average Bonchev–Trinajstić information content (AvgIpc) is 2.20. The van der Waals surface area contributed by atoms with Crippen LogP contribution in [0.2, 0.25) is 0 Å². The second-order valence-corrected chi connectivity index (χ2v) is 4.30. The van der Waals surface area contributed by atoms with E-state index < -0.39 is 17.0 Å². The molecule has 0 aliphatic carbocycles. The zero-order valence-electron chi connectivity index (χ0n) is 8.03. The Labute approximate surface area is 91.1 Å². The number of primary amides is 1. The average molecular weight is 224 g/mol. The number of hydrogen-bond donors (Lipinski definition) is 1. The molecule has 0 saturated heterocycles. The van der Waals surface area contributed by atoms with E-state index in [-0.39, 0.29) is 5.56 Å². The molecular formula is C10H9FN2OS. The SMILES string of the molecule is CC(Sc1ccc(C#N)cc1F)C(N)=O. The van der Waals surface area contributed by atoms with Crippen molar-refractivity contribution in [3.8, 4) is 6.07 Å². The van der Waals surface area contributed by atoms with Crippen molar-refractivity contribution in [2.45, 2.75) is 17.1 Å². The van der Waals surface area contributed by atoms with E-state index in [0.29, 0.717) is 4.90 Å². The second kappa shape index (κ2) is 4.80. The molecule has 1 unspecified atom stereocenters. The Morgan fingerprint density at radius 3 is 2.80 bits per heavy atom. The summed E-state index contributed by atoms with van der Waals surface area (Å²) < 4.78 is 13.3. The fraction of sp³-hybridized carbons (Fsp3) is 0.200. The van der Waals surface area contributed by atoms with Gasteiger partial charge in [-0.2, -0.15) is 5.26 Å².